The van der Waals surface area contributed by atoms with Gasteiger partial charge in [0, 0.05) is 25.4 Å². The van der Waals surface area contributed by atoms with Crippen molar-refractivity contribution in [2.24, 2.45) is 0 Å². The van der Waals surface area contributed by atoms with Gasteiger partial charge in [-0.1, -0.05) is 0 Å². The zero-order valence-electron chi connectivity index (χ0n) is 14.9. The summed E-state index contributed by atoms with van der Waals surface area (Å²) in [6.45, 7) is 0.239. The van der Waals surface area contributed by atoms with Crippen LogP contribution in [0.4, 0.5) is 24.7 Å². The van der Waals surface area contributed by atoms with E-state index in [0.717, 1.165) is 16.8 Å². The molecule has 0 aliphatic carbocycles. The number of nitrogens with zero attached hydrogens (tertiary/aromatic N) is 3. The smallest absolute Gasteiger partial charge is 0.341 e. The van der Waals surface area contributed by atoms with Crippen molar-refractivity contribution < 1.29 is 28.2 Å². The number of carboxylic acids is 1. The summed E-state index contributed by atoms with van der Waals surface area (Å²) in [5.41, 5.74) is 3.55. The van der Waals surface area contributed by atoms with Crippen LogP contribution in [0.25, 0.3) is 16.7 Å². The lowest BCUT2D eigenvalue weighted by Gasteiger charge is -2.38. The Morgan fingerprint density at radius 3 is 2.47 bits per heavy atom. The molecule has 0 bridgehead atoms. The van der Waals surface area contributed by atoms with E-state index in [2.05, 4.69) is 20.9 Å². The Labute approximate surface area is 174 Å². The van der Waals surface area contributed by atoms with Crippen LogP contribution in [-0.2, 0) is 0 Å². The molecule has 3 aromatic rings. The van der Waals surface area contributed by atoms with Crippen LogP contribution in [-0.4, -0.2) is 44.9 Å². The topological polar surface area (TPSA) is 122 Å². The molecule has 4 N–H and O–H groups in total. The fourth-order valence-electron chi connectivity index (χ4n) is 3.29. The molecule has 0 amide bonds. The minimum atomic E-state index is -1.63. The van der Waals surface area contributed by atoms with Gasteiger partial charge < -0.3 is 20.8 Å². The number of rotatable bonds is 3. The first-order chi connectivity index (χ1) is 14.1. The largest absolute Gasteiger partial charge is 0.477 e. The number of pyridine rings is 2. The lowest BCUT2D eigenvalue weighted by atomic mass is 10.1. The van der Waals surface area contributed by atoms with E-state index in [-0.39, 0.29) is 34.2 Å². The number of nitrogens with two attached hydrogens (primary N) is 1. The average molecular weight is 485 g/mol. The molecular formula is C18H12BrF3N4O4. The molecule has 8 nitrogen and oxygen atoms in total. The minimum absolute atomic E-state index is 0.00235. The Hall–Kier alpha value is -3.12. The van der Waals surface area contributed by atoms with Crippen molar-refractivity contribution >= 4 is 44.3 Å². The number of fused-ring (bicyclic) bond motifs is 1. The zero-order chi connectivity index (χ0) is 21.9. The molecule has 1 aromatic carbocycles. The summed E-state index contributed by atoms with van der Waals surface area (Å²) in [5, 5.41) is 18.5. The number of halogens is 4. The number of anilines is 2. The lowest BCUT2D eigenvalue weighted by molar-refractivity contribution is 0.0695. The summed E-state index contributed by atoms with van der Waals surface area (Å²) >= 11 is 3.20. The Bertz CT molecular complexity index is 1290. The molecule has 0 atom stereocenters. The second kappa shape index (κ2) is 6.99. The number of aromatic carboxylic acids is 1. The van der Waals surface area contributed by atoms with Gasteiger partial charge in [0.25, 0.3) is 0 Å². The van der Waals surface area contributed by atoms with E-state index in [9.17, 15) is 33.0 Å². The van der Waals surface area contributed by atoms with E-state index >= 15 is 0 Å². The molecule has 0 unspecified atom stereocenters. The van der Waals surface area contributed by atoms with Crippen LogP contribution < -0.4 is 16.1 Å². The maximum atomic E-state index is 14.8. The molecule has 1 aliphatic heterocycles. The Balaban J connectivity index is 2.14. The first kappa shape index (κ1) is 20.2. The van der Waals surface area contributed by atoms with E-state index in [1.807, 2.05) is 0 Å². The molecule has 12 heteroatoms. The quantitative estimate of drug-likeness (QED) is 0.519. The SMILES string of the molecule is Nc1nc(-n2cc(C(=O)O)c(=O)c3cc(F)c(N4CC(O)C4)c(Br)c32)c(F)cc1F. The first-order valence-corrected chi connectivity index (χ1v) is 9.25. The van der Waals surface area contributed by atoms with Crippen molar-refractivity contribution in [2.75, 3.05) is 23.7 Å². The summed E-state index contributed by atoms with van der Waals surface area (Å²) in [5.74, 6) is -6.01. The van der Waals surface area contributed by atoms with E-state index in [1.165, 1.54) is 4.90 Å². The highest BCUT2D eigenvalue weighted by atomic mass is 79.9. The molecule has 2 aromatic heterocycles. The van der Waals surface area contributed by atoms with Gasteiger partial charge in [-0.2, -0.15) is 0 Å². The summed E-state index contributed by atoms with van der Waals surface area (Å²) in [4.78, 5) is 29.3. The van der Waals surface area contributed by atoms with Gasteiger partial charge in [-0.3, -0.25) is 9.36 Å². The highest BCUT2D eigenvalue weighted by Crippen LogP contribution is 2.38. The highest BCUT2D eigenvalue weighted by Gasteiger charge is 2.31. The monoisotopic (exact) mass is 484 g/mol. The zero-order valence-corrected chi connectivity index (χ0v) is 16.5. The number of β-amino-alcohol motifs (C(OH)–C–C–N with tert-alkyl or cyclic N) is 1. The summed E-state index contributed by atoms with van der Waals surface area (Å²) in [6.07, 6.45) is 0.146. The van der Waals surface area contributed by atoms with Gasteiger partial charge >= 0.3 is 5.97 Å². The van der Waals surface area contributed by atoms with Crippen LogP contribution in [0, 0.1) is 17.5 Å². The number of carboxylic acid groups (broad SMARTS) is 1. The fourth-order valence-corrected chi connectivity index (χ4v) is 4.14. The summed E-state index contributed by atoms with van der Waals surface area (Å²) in [7, 11) is 0. The predicted octanol–water partition coefficient (Wildman–Crippen LogP) is 2.03. The molecule has 1 saturated heterocycles. The third kappa shape index (κ3) is 2.99. The number of aliphatic hydroxyl groups excluding tert-OH is 1. The molecule has 4 rings (SSSR count). The van der Waals surface area contributed by atoms with E-state index in [0.29, 0.717) is 6.07 Å². The standard InChI is InChI=1S/C18H12BrF3N4O4/c19-12-13-7(1-9(20)14(12)25-3-6(27)4-25)15(28)8(18(29)30)5-26(13)17-11(22)2-10(21)16(23)24-17/h1-2,5-6,27H,3-4H2,(H2,23,24)(H,29,30). The van der Waals surface area contributed by atoms with Crippen molar-refractivity contribution in [3.63, 3.8) is 0 Å². The van der Waals surface area contributed by atoms with Gasteiger partial charge in [0.15, 0.2) is 23.3 Å². The van der Waals surface area contributed by atoms with Gasteiger partial charge in [0.1, 0.15) is 11.4 Å². The number of aromatic nitrogens is 2. The Kier molecular flexibility index (Phi) is 4.70. The number of aliphatic hydroxyl groups is 1. The van der Waals surface area contributed by atoms with Crippen molar-refractivity contribution in [1.82, 2.24) is 9.55 Å². The van der Waals surface area contributed by atoms with Gasteiger partial charge in [0.2, 0.25) is 5.43 Å². The van der Waals surface area contributed by atoms with Crippen LogP contribution in [0.3, 0.4) is 0 Å². The minimum Gasteiger partial charge on any atom is -0.477 e. The van der Waals surface area contributed by atoms with Gasteiger partial charge in [0.05, 0.1) is 27.2 Å². The van der Waals surface area contributed by atoms with Gasteiger partial charge in [-0.25, -0.2) is 22.9 Å². The third-order valence-corrected chi connectivity index (χ3v) is 5.48. The maximum absolute atomic E-state index is 14.8. The second-order valence-corrected chi connectivity index (χ2v) is 7.48. The molecule has 0 radical (unpaired) electrons. The molecule has 1 aliphatic rings. The van der Waals surface area contributed by atoms with Crippen molar-refractivity contribution in [1.29, 1.82) is 0 Å². The highest BCUT2D eigenvalue weighted by molar-refractivity contribution is 9.10. The van der Waals surface area contributed by atoms with E-state index < -0.39 is 52.2 Å². The molecular weight excluding hydrogens is 473 g/mol. The number of hydrogen-bond acceptors (Lipinski definition) is 6. The molecule has 3 heterocycles. The number of hydrogen-bond donors (Lipinski definition) is 3. The number of carbonyl (C=O) groups is 1. The van der Waals surface area contributed by atoms with E-state index in [1.54, 1.807) is 0 Å². The van der Waals surface area contributed by atoms with Crippen molar-refractivity contribution in [3.05, 3.63) is 56.0 Å². The Morgan fingerprint density at radius 1 is 1.20 bits per heavy atom. The van der Waals surface area contributed by atoms with Crippen LogP contribution in [0.15, 0.2) is 27.6 Å². The molecule has 0 saturated carbocycles. The normalized spacial score (nSPS) is 14.2. The summed E-state index contributed by atoms with van der Waals surface area (Å²) < 4.78 is 43.8. The lowest BCUT2D eigenvalue weighted by Crippen LogP contribution is -2.51. The average Bonchev–Trinajstić information content (AvgIpc) is 2.64. The van der Waals surface area contributed by atoms with Crippen molar-refractivity contribution in [3.8, 4) is 5.82 Å². The molecule has 1 fully saturated rings. The van der Waals surface area contributed by atoms with Crippen LogP contribution in [0.2, 0.25) is 0 Å². The van der Waals surface area contributed by atoms with Crippen LogP contribution >= 0.6 is 15.9 Å². The van der Waals surface area contributed by atoms with E-state index in [4.69, 9.17) is 5.73 Å². The van der Waals surface area contributed by atoms with Gasteiger partial charge in [-0.15, -0.1) is 0 Å². The number of nitrogen functional groups attached to an aromatic ring is 1. The first-order valence-electron chi connectivity index (χ1n) is 8.45. The maximum Gasteiger partial charge on any atom is 0.341 e. The predicted molar refractivity (Wildman–Crippen MR) is 105 cm³/mol. The Morgan fingerprint density at radius 2 is 1.87 bits per heavy atom. The molecule has 30 heavy (non-hydrogen) atoms. The molecule has 0 spiro atoms. The number of benzene rings is 1. The second-order valence-electron chi connectivity index (χ2n) is 6.68. The van der Waals surface area contributed by atoms with Crippen molar-refractivity contribution in [2.45, 2.75) is 6.10 Å². The summed E-state index contributed by atoms with van der Waals surface area (Å²) in [6, 6.07) is 1.29. The van der Waals surface area contributed by atoms with Crippen LogP contribution in [0.5, 0.6) is 0 Å². The van der Waals surface area contributed by atoms with Gasteiger partial charge in [-0.05, 0) is 22.0 Å². The third-order valence-electron chi connectivity index (χ3n) is 4.73. The fraction of sp³-hybridized carbons (Fsp3) is 0.167. The van der Waals surface area contributed by atoms with Crippen LogP contribution in [0.1, 0.15) is 10.4 Å². The molecule has 156 valence electrons.